The fraction of sp³-hybridized carbons (Fsp3) is 0.792. The van der Waals surface area contributed by atoms with E-state index in [9.17, 15) is 15.0 Å². The minimum atomic E-state index is -0.343. The van der Waals surface area contributed by atoms with Crippen molar-refractivity contribution in [2.75, 3.05) is 6.54 Å². The van der Waals surface area contributed by atoms with Gasteiger partial charge in [0, 0.05) is 18.9 Å². The van der Waals surface area contributed by atoms with Crippen LogP contribution in [0.5, 0.6) is 0 Å². The first-order chi connectivity index (χ1) is 13.6. The Hall–Kier alpha value is -1.13. The molecule has 4 heteroatoms. The van der Waals surface area contributed by atoms with Gasteiger partial charge in [0.05, 0.1) is 12.2 Å². The van der Waals surface area contributed by atoms with E-state index in [0.717, 1.165) is 57.9 Å². The number of hydrogen-bond donors (Lipinski definition) is 3. The molecule has 0 heterocycles. The van der Waals surface area contributed by atoms with Gasteiger partial charge < -0.3 is 15.5 Å². The first-order valence-corrected chi connectivity index (χ1v) is 11.6. The Morgan fingerprint density at radius 2 is 2.07 bits per heavy atom. The summed E-state index contributed by atoms with van der Waals surface area (Å²) in [6.07, 6.45) is 17.1. The largest absolute Gasteiger partial charge is 0.392 e. The number of aliphatic hydroxyl groups excluding tert-OH is 2. The molecule has 0 aromatic rings. The number of unbranched alkanes of at least 4 members (excludes halogenated alkanes) is 1. The first kappa shape index (κ1) is 21.6. The minimum Gasteiger partial charge on any atom is -0.392 e. The van der Waals surface area contributed by atoms with Gasteiger partial charge in [0.1, 0.15) is 0 Å². The van der Waals surface area contributed by atoms with Gasteiger partial charge in [-0.3, -0.25) is 4.79 Å². The smallest absolute Gasteiger partial charge is 0.220 e. The van der Waals surface area contributed by atoms with E-state index in [-0.39, 0.29) is 24.0 Å². The summed E-state index contributed by atoms with van der Waals surface area (Å²) < 4.78 is 0. The maximum absolute atomic E-state index is 11.7. The number of nitrogens with one attached hydrogen (secondary N) is 1. The number of allylic oxidation sites excluding steroid dienone is 2. The van der Waals surface area contributed by atoms with Gasteiger partial charge in [-0.05, 0) is 69.1 Å². The molecule has 5 atom stereocenters. The number of aliphatic hydroxyl groups is 2. The van der Waals surface area contributed by atoms with E-state index in [1.807, 2.05) is 6.08 Å². The van der Waals surface area contributed by atoms with Gasteiger partial charge in [-0.15, -0.1) is 0 Å². The van der Waals surface area contributed by atoms with Crippen LogP contribution in [0.25, 0.3) is 0 Å². The summed E-state index contributed by atoms with van der Waals surface area (Å²) >= 11 is 0. The van der Waals surface area contributed by atoms with Crippen LogP contribution in [0.1, 0.15) is 77.6 Å². The topological polar surface area (TPSA) is 69.6 Å². The molecule has 0 aliphatic heterocycles. The van der Waals surface area contributed by atoms with Crippen LogP contribution in [0.2, 0.25) is 0 Å². The van der Waals surface area contributed by atoms with Crippen molar-refractivity contribution in [3.63, 3.8) is 0 Å². The van der Waals surface area contributed by atoms with Crippen molar-refractivity contribution < 1.29 is 15.0 Å². The molecule has 1 amide bonds. The molecular formula is C24H39NO3. The van der Waals surface area contributed by atoms with E-state index < -0.39 is 0 Å². The van der Waals surface area contributed by atoms with Crippen LogP contribution in [-0.4, -0.2) is 34.9 Å². The van der Waals surface area contributed by atoms with E-state index >= 15 is 0 Å². The molecule has 4 nitrogen and oxygen atoms in total. The molecule has 3 saturated carbocycles. The predicted molar refractivity (Wildman–Crippen MR) is 113 cm³/mol. The summed E-state index contributed by atoms with van der Waals surface area (Å²) in [5, 5.41) is 23.9. The van der Waals surface area contributed by atoms with Gasteiger partial charge in [0.2, 0.25) is 5.91 Å². The highest BCUT2D eigenvalue weighted by atomic mass is 16.3. The molecule has 3 fully saturated rings. The lowest BCUT2D eigenvalue weighted by atomic mass is 9.89. The van der Waals surface area contributed by atoms with Crippen molar-refractivity contribution >= 4 is 5.91 Å². The van der Waals surface area contributed by atoms with Crippen molar-refractivity contribution in [1.82, 2.24) is 5.32 Å². The molecule has 158 valence electrons. The van der Waals surface area contributed by atoms with Crippen LogP contribution in [-0.2, 0) is 4.79 Å². The first-order valence-electron chi connectivity index (χ1n) is 11.6. The van der Waals surface area contributed by atoms with Crippen molar-refractivity contribution in [2.45, 2.75) is 89.8 Å². The van der Waals surface area contributed by atoms with E-state index in [1.54, 1.807) is 0 Å². The summed E-state index contributed by atoms with van der Waals surface area (Å²) in [4.78, 5) is 11.7. The number of hydrogen-bond acceptors (Lipinski definition) is 3. The number of fused-ring (bicyclic) bond motifs is 1. The Bertz CT molecular complexity index is 564. The zero-order valence-corrected chi connectivity index (χ0v) is 17.5. The van der Waals surface area contributed by atoms with Gasteiger partial charge in [-0.1, -0.05) is 43.6 Å². The molecule has 3 N–H and O–H groups in total. The molecule has 0 unspecified atom stereocenters. The Kier molecular flexibility index (Phi) is 8.16. The molecule has 3 aliphatic carbocycles. The highest BCUT2D eigenvalue weighted by molar-refractivity contribution is 5.75. The highest BCUT2D eigenvalue weighted by Crippen LogP contribution is 2.50. The summed E-state index contributed by atoms with van der Waals surface area (Å²) in [6.45, 7) is 2.84. The number of rotatable bonds is 9. The zero-order chi connectivity index (χ0) is 19.9. The Morgan fingerprint density at radius 1 is 1.29 bits per heavy atom. The van der Waals surface area contributed by atoms with E-state index in [2.05, 4.69) is 24.4 Å². The molecule has 0 bridgehead atoms. The fourth-order valence-electron chi connectivity index (χ4n) is 5.56. The molecule has 0 radical (unpaired) electrons. The zero-order valence-electron chi connectivity index (χ0n) is 17.5. The number of amides is 1. The van der Waals surface area contributed by atoms with Crippen LogP contribution >= 0.6 is 0 Å². The highest BCUT2D eigenvalue weighted by Gasteiger charge is 2.45. The Balaban J connectivity index is 1.45. The maximum Gasteiger partial charge on any atom is 0.220 e. The van der Waals surface area contributed by atoms with Crippen LogP contribution in [0.15, 0.2) is 23.8 Å². The van der Waals surface area contributed by atoms with Gasteiger partial charge in [0.25, 0.3) is 0 Å². The third-order valence-electron chi connectivity index (χ3n) is 7.14. The second-order valence-corrected chi connectivity index (χ2v) is 9.24. The molecule has 0 saturated heterocycles. The van der Waals surface area contributed by atoms with E-state index in [0.29, 0.717) is 24.2 Å². The third-order valence-corrected chi connectivity index (χ3v) is 7.14. The quantitative estimate of drug-likeness (QED) is 0.410. The fourth-order valence-corrected chi connectivity index (χ4v) is 5.56. The lowest BCUT2D eigenvalue weighted by Crippen LogP contribution is -2.23. The second-order valence-electron chi connectivity index (χ2n) is 9.24. The van der Waals surface area contributed by atoms with Crippen molar-refractivity contribution in [1.29, 1.82) is 0 Å². The number of carbonyl (C=O) groups is 1. The SMILES string of the molecule is CCCNC(=O)CCCC=C1C[C@H]2C[C@@H](O)[C@H](C=C[C@@H](O)C3CCCC3)[C@H]2C1. The maximum atomic E-state index is 11.7. The van der Waals surface area contributed by atoms with Crippen LogP contribution in [0.4, 0.5) is 0 Å². The van der Waals surface area contributed by atoms with Gasteiger partial charge in [-0.2, -0.15) is 0 Å². The molecule has 0 aromatic carbocycles. The molecule has 3 aliphatic rings. The third kappa shape index (κ3) is 5.70. The average molecular weight is 390 g/mol. The van der Waals surface area contributed by atoms with Crippen LogP contribution in [0.3, 0.4) is 0 Å². The van der Waals surface area contributed by atoms with Crippen LogP contribution in [0, 0.1) is 23.7 Å². The summed E-state index contributed by atoms with van der Waals surface area (Å²) in [6, 6.07) is 0. The number of carbonyl (C=O) groups excluding carboxylic acids is 1. The monoisotopic (exact) mass is 389 g/mol. The summed E-state index contributed by atoms with van der Waals surface area (Å²) in [5.41, 5.74) is 1.51. The van der Waals surface area contributed by atoms with Gasteiger partial charge in [0.15, 0.2) is 0 Å². The molecule has 0 spiro atoms. The van der Waals surface area contributed by atoms with Crippen molar-refractivity contribution in [3.05, 3.63) is 23.8 Å². The van der Waals surface area contributed by atoms with Crippen molar-refractivity contribution in [2.24, 2.45) is 23.7 Å². The predicted octanol–water partition coefficient (Wildman–Crippen LogP) is 4.12. The van der Waals surface area contributed by atoms with Gasteiger partial charge in [-0.25, -0.2) is 0 Å². The van der Waals surface area contributed by atoms with Crippen LogP contribution < -0.4 is 5.32 Å². The average Bonchev–Trinajstić information content (AvgIpc) is 3.39. The normalized spacial score (nSPS) is 33.0. The Labute approximate surface area is 170 Å². The van der Waals surface area contributed by atoms with Gasteiger partial charge >= 0.3 is 0 Å². The summed E-state index contributed by atoms with van der Waals surface area (Å²) in [5.74, 6) is 1.86. The lowest BCUT2D eigenvalue weighted by molar-refractivity contribution is -0.121. The Morgan fingerprint density at radius 3 is 2.82 bits per heavy atom. The van der Waals surface area contributed by atoms with Crippen molar-refractivity contribution in [3.8, 4) is 0 Å². The standard InChI is InChI=1S/C24H39NO3/c1-2-13-25-24(28)10-6-3-7-17-14-19-16-23(27)20(21(19)15-17)11-12-22(26)18-8-4-5-9-18/h7,11-12,18-23,26-27H,2-6,8-10,13-16H2,1H3,(H,25,28)/t19-,20+,21-,22+,23+/m0/s1. The molecule has 28 heavy (non-hydrogen) atoms. The molecule has 0 aromatic heterocycles. The summed E-state index contributed by atoms with van der Waals surface area (Å²) in [7, 11) is 0. The van der Waals surface area contributed by atoms with E-state index in [4.69, 9.17) is 0 Å². The molecule has 3 rings (SSSR count). The minimum absolute atomic E-state index is 0.165. The van der Waals surface area contributed by atoms with E-state index in [1.165, 1.54) is 18.4 Å². The second kappa shape index (κ2) is 10.6. The molecular weight excluding hydrogens is 350 g/mol. The lowest BCUT2D eigenvalue weighted by Gasteiger charge is -2.19.